The molecule has 49 heavy (non-hydrogen) atoms. The van der Waals surface area contributed by atoms with Crippen LogP contribution in [0.4, 0.5) is 0 Å². The van der Waals surface area contributed by atoms with Gasteiger partial charge in [-0.25, -0.2) is 0 Å². The number of hydrogen-bond donors (Lipinski definition) is 5. The Morgan fingerprint density at radius 3 is 1.80 bits per heavy atom. The van der Waals surface area contributed by atoms with Crippen molar-refractivity contribution in [3.63, 3.8) is 0 Å². The molecular weight excluding hydrogens is 610 g/mol. The zero-order chi connectivity index (χ0) is 34.0. The summed E-state index contributed by atoms with van der Waals surface area (Å²) in [5.74, 6) is -0.953. The normalized spacial score (nSPS) is 15.3. The topological polar surface area (TPSA) is 125 Å². The fraction of sp³-hybridized carbons (Fsp3) is 0.293. The molecule has 8 heteroatoms. The fourth-order valence-electron chi connectivity index (χ4n) is 6.72. The first-order valence-corrected chi connectivity index (χ1v) is 17.2. The molecule has 1 heterocycles. The summed E-state index contributed by atoms with van der Waals surface area (Å²) in [5, 5.41) is 17.5. The third kappa shape index (κ3) is 9.31. The van der Waals surface area contributed by atoms with E-state index in [0.29, 0.717) is 25.8 Å². The highest BCUT2D eigenvalue weighted by Gasteiger charge is 2.29. The van der Waals surface area contributed by atoms with Gasteiger partial charge >= 0.3 is 0 Å². The Morgan fingerprint density at radius 2 is 1.18 bits per heavy atom. The molecule has 3 amide bonds. The van der Waals surface area contributed by atoms with Gasteiger partial charge < -0.3 is 27.0 Å². The second-order valence-corrected chi connectivity index (χ2v) is 13.1. The Labute approximate surface area is 287 Å². The van der Waals surface area contributed by atoms with E-state index in [1.807, 2.05) is 60.7 Å². The molecule has 0 radical (unpaired) electrons. The van der Waals surface area contributed by atoms with Gasteiger partial charge in [0.25, 0.3) is 0 Å². The number of hydrogen-bond acceptors (Lipinski definition) is 5. The van der Waals surface area contributed by atoms with Crippen molar-refractivity contribution >= 4 is 39.3 Å². The predicted octanol–water partition coefficient (Wildman–Crippen LogP) is 4.43. The summed E-state index contributed by atoms with van der Waals surface area (Å²) >= 11 is 0. The minimum Gasteiger partial charge on any atom is -0.368 e. The molecule has 0 saturated carbocycles. The van der Waals surface area contributed by atoms with Crippen LogP contribution in [-0.4, -0.2) is 55.5 Å². The van der Waals surface area contributed by atoms with Gasteiger partial charge in [-0.15, -0.1) is 0 Å². The lowest BCUT2D eigenvalue weighted by atomic mass is 9.95. The molecule has 5 aromatic carbocycles. The maximum Gasteiger partial charge on any atom is 0.243 e. The molecule has 5 aromatic rings. The maximum absolute atomic E-state index is 14.3. The van der Waals surface area contributed by atoms with Gasteiger partial charge in [0.2, 0.25) is 17.7 Å². The smallest absolute Gasteiger partial charge is 0.243 e. The van der Waals surface area contributed by atoms with Gasteiger partial charge in [0.05, 0.1) is 6.04 Å². The third-order valence-electron chi connectivity index (χ3n) is 9.48. The molecule has 0 spiro atoms. The molecule has 8 nitrogen and oxygen atoms in total. The highest BCUT2D eigenvalue weighted by molar-refractivity contribution is 5.90. The Morgan fingerprint density at radius 1 is 0.633 bits per heavy atom. The number of carbonyl (C=O) groups is 3. The summed E-state index contributed by atoms with van der Waals surface area (Å²) in [6.07, 6.45) is 2.78. The summed E-state index contributed by atoms with van der Waals surface area (Å²) in [5.41, 5.74) is 8.85. The molecule has 1 fully saturated rings. The van der Waals surface area contributed by atoms with Crippen molar-refractivity contribution in [3.8, 4) is 0 Å². The predicted molar refractivity (Wildman–Crippen MR) is 196 cm³/mol. The number of fused-ring (bicyclic) bond motifs is 2. The highest BCUT2D eigenvalue weighted by Crippen LogP contribution is 2.19. The maximum atomic E-state index is 14.3. The number of piperidine rings is 1. The Kier molecular flexibility index (Phi) is 11.3. The van der Waals surface area contributed by atoms with E-state index in [4.69, 9.17) is 5.73 Å². The fourth-order valence-corrected chi connectivity index (χ4v) is 6.72. The lowest BCUT2D eigenvalue weighted by Crippen LogP contribution is -2.56. The number of carbonyl (C=O) groups excluding carboxylic acids is 3. The standard InChI is InChI=1S/C41H45N5O3/c42-39(47)37(25-28-8-2-1-3-9-28)44-27-36(24-29-14-16-31-10-4-6-12-34(31)22-29)45-41(49)38(46-40(48)33-18-20-43-21-19-33)26-30-15-17-32-11-5-7-13-35(32)23-30/h1-17,22-23,33,36-38,43-44H,18-21,24-27H2,(H2,42,47)(H,45,49)(H,46,48)/t36-,37+,38-/m1/s1. The van der Waals surface area contributed by atoms with Gasteiger partial charge in [-0.05, 0) is 77.0 Å². The number of benzene rings is 5. The van der Waals surface area contributed by atoms with Gasteiger partial charge in [-0.2, -0.15) is 0 Å². The largest absolute Gasteiger partial charge is 0.368 e. The van der Waals surface area contributed by atoms with Crippen LogP contribution in [0.1, 0.15) is 29.5 Å². The van der Waals surface area contributed by atoms with Crippen molar-refractivity contribution < 1.29 is 14.4 Å². The number of rotatable bonds is 14. The van der Waals surface area contributed by atoms with Crippen LogP contribution in [0.25, 0.3) is 21.5 Å². The average Bonchev–Trinajstić information content (AvgIpc) is 3.13. The molecule has 6 N–H and O–H groups in total. The molecule has 0 aromatic heterocycles. The van der Waals surface area contributed by atoms with E-state index in [9.17, 15) is 14.4 Å². The van der Waals surface area contributed by atoms with Gasteiger partial charge in [-0.1, -0.05) is 115 Å². The summed E-state index contributed by atoms with van der Waals surface area (Å²) in [6.45, 7) is 1.87. The molecule has 1 aliphatic heterocycles. The van der Waals surface area contributed by atoms with E-state index in [0.717, 1.165) is 64.2 Å². The van der Waals surface area contributed by atoms with Crippen LogP contribution in [0.3, 0.4) is 0 Å². The second kappa shape index (κ2) is 16.4. The minimum absolute atomic E-state index is 0.0942. The Balaban J connectivity index is 1.24. The van der Waals surface area contributed by atoms with Crippen molar-refractivity contribution in [1.29, 1.82) is 0 Å². The molecule has 1 saturated heterocycles. The molecule has 0 bridgehead atoms. The molecular formula is C41H45N5O3. The lowest BCUT2D eigenvalue weighted by Gasteiger charge is -2.28. The van der Waals surface area contributed by atoms with Gasteiger partial charge in [-0.3, -0.25) is 14.4 Å². The van der Waals surface area contributed by atoms with Crippen LogP contribution in [0.5, 0.6) is 0 Å². The van der Waals surface area contributed by atoms with Crippen LogP contribution in [0, 0.1) is 5.92 Å². The number of primary amides is 1. The first kappa shape index (κ1) is 33.8. The molecule has 252 valence electrons. The zero-order valence-corrected chi connectivity index (χ0v) is 27.7. The Bertz CT molecular complexity index is 1890. The van der Waals surface area contributed by atoms with Crippen molar-refractivity contribution in [3.05, 3.63) is 132 Å². The first-order chi connectivity index (χ1) is 23.9. The van der Waals surface area contributed by atoms with E-state index in [1.165, 1.54) is 0 Å². The number of amides is 3. The summed E-state index contributed by atoms with van der Waals surface area (Å²) < 4.78 is 0. The summed E-state index contributed by atoms with van der Waals surface area (Å²) in [4.78, 5) is 40.3. The molecule has 1 aliphatic rings. The highest BCUT2D eigenvalue weighted by atomic mass is 16.2. The van der Waals surface area contributed by atoms with E-state index >= 15 is 0 Å². The van der Waals surface area contributed by atoms with Crippen molar-refractivity contribution in [2.24, 2.45) is 11.7 Å². The van der Waals surface area contributed by atoms with Crippen molar-refractivity contribution in [1.82, 2.24) is 21.3 Å². The quantitative estimate of drug-likeness (QED) is 0.121. The third-order valence-corrected chi connectivity index (χ3v) is 9.48. The van der Waals surface area contributed by atoms with Gasteiger partial charge in [0.15, 0.2) is 0 Å². The van der Waals surface area contributed by atoms with Crippen LogP contribution < -0.4 is 27.0 Å². The van der Waals surface area contributed by atoms with Gasteiger partial charge in [0, 0.05) is 24.9 Å². The van der Waals surface area contributed by atoms with Crippen molar-refractivity contribution in [2.75, 3.05) is 19.6 Å². The van der Waals surface area contributed by atoms with Crippen LogP contribution >= 0.6 is 0 Å². The Hall–Kier alpha value is -5.05. The van der Waals surface area contributed by atoms with Gasteiger partial charge in [0.1, 0.15) is 6.04 Å². The van der Waals surface area contributed by atoms with Crippen LogP contribution in [0.2, 0.25) is 0 Å². The molecule has 0 aliphatic carbocycles. The van der Waals surface area contributed by atoms with Crippen molar-refractivity contribution in [2.45, 2.75) is 50.2 Å². The summed E-state index contributed by atoms with van der Waals surface area (Å²) in [7, 11) is 0. The van der Waals surface area contributed by atoms with Crippen LogP contribution in [-0.2, 0) is 33.6 Å². The first-order valence-electron chi connectivity index (χ1n) is 17.2. The molecule has 6 rings (SSSR count). The SMILES string of the molecule is NC(=O)[C@H](Cc1ccccc1)NC[C@@H](Cc1ccc2ccccc2c1)NC(=O)[C@@H](Cc1ccc2ccccc2c1)NC(=O)C1CCNCC1. The number of nitrogens with one attached hydrogen (secondary N) is 4. The van der Waals surface area contributed by atoms with E-state index < -0.39 is 18.0 Å². The lowest BCUT2D eigenvalue weighted by molar-refractivity contribution is -0.132. The number of nitrogens with two attached hydrogens (primary N) is 1. The molecule has 0 unspecified atom stereocenters. The van der Waals surface area contributed by atoms with E-state index in [1.54, 1.807) is 0 Å². The monoisotopic (exact) mass is 655 g/mol. The summed E-state index contributed by atoms with van der Waals surface area (Å²) in [6, 6.07) is 36.7. The minimum atomic E-state index is -0.779. The zero-order valence-electron chi connectivity index (χ0n) is 27.7. The van der Waals surface area contributed by atoms with Crippen LogP contribution in [0.15, 0.2) is 115 Å². The average molecular weight is 656 g/mol. The van der Waals surface area contributed by atoms with E-state index in [-0.39, 0.29) is 23.8 Å². The van der Waals surface area contributed by atoms with E-state index in [2.05, 4.69) is 75.9 Å². The second-order valence-electron chi connectivity index (χ2n) is 13.1. The molecule has 3 atom stereocenters.